The topological polar surface area (TPSA) is 20.3 Å². The molecular weight excluding hydrogens is 150 g/mol. The van der Waals surface area contributed by atoms with Crippen molar-refractivity contribution in [3.63, 3.8) is 0 Å². The molecule has 0 aliphatic carbocycles. The number of allylic oxidation sites excluding steroid dienone is 1. The normalized spacial score (nSPS) is 24.0. The zero-order chi connectivity index (χ0) is 8.97. The molecule has 1 aliphatic heterocycles. The van der Waals surface area contributed by atoms with Gasteiger partial charge < -0.3 is 4.90 Å². The third kappa shape index (κ3) is 3.18. The van der Waals surface area contributed by atoms with Crippen LogP contribution in [-0.4, -0.2) is 30.8 Å². The highest BCUT2D eigenvalue weighted by Gasteiger charge is 2.07. The monoisotopic (exact) mass is 167 g/mol. The van der Waals surface area contributed by atoms with Crippen LogP contribution >= 0.6 is 0 Å². The van der Waals surface area contributed by atoms with Crippen LogP contribution < -0.4 is 0 Å². The molecule has 0 atom stereocenters. The quantitative estimate of drug-likeness (QED) is 0.553. The molecule has 0 aromatic heterocycles. The fourth-order valence-corrected chi connectivity index (χ4v) is 1.58. The summed E-state index contributed by atoms with van der Waals surface area (Å²) in [6.45, 7) is 3.88. The van der Waals surface area contributed by atoms with Gasteiger partial charge in [-0.05, 0) is 45.9 Å². The summed E-state index contributed by atoms with van der Waals surface area (Å²) in [4.78, 5) is 13.1. The van der Waals surface area contributed by atoms with Crippen LogP contribution in [0.2, 0.25) is 0 Å². The summed E-state index contributed by atoms with van der Waals surface area (Å²) >= 11 is 0. The lowest BCUT2D eigenvalue weighted by molar-refractivity contribution is -0.112. The van der Waals surface area contributed by atoms with Gasteiger partial charge in [-0.15, -0.1) is 0 Å². The summed E-state index contributed by atoms with van der Waals surface area (Å²) in [6, 6.07) is 0. The van der Waals surface area contributed by atoms with Gasteiger partial charge in [-0.3, -0.25) is 4.79 Å². The summed E-state index contributed by atoms with van der Waals surface area (Å²) < 4.78 is 0. The van der Waals surface area contributed by atoms with E-state index in [1.165, 1.54) is 12.0 Å². The van der Waals surface area contributed by atoms with Crippen LogP contribution in [0.25, 0.3) is 0 Å². The van der Waals surface area contributed by atoms with Gasteiger partial charge in [0, 0.05) is 6.54 Å². The number of carbonyl (C=O) groups excluding carboxylic acids is 1. The largest absolute Gasteiger partial charge is 0.306 e. The van der Waals surface area contributed by atoms with E-state index in [4.69, 9.17) is 0 Å². The van der Waals surface area contributed by atoms with Crippen molar-refractivity contribution in [1.82, 2.24) is 4.90 Å². The maximum absolute atomic E-state index is 10.8. The van der Waals surface area contributed by atoms with Crippen molar-refractivity contribution >= 4 is 5.78 Å². The van der Waals surface area contributed by atoms with Crippen molar-refractivity contribution in [3.05, 3.63) is 11.6 Å². The van der Waals surface area contributed by atoms with Gasteiger partial charge in [0.15, 0.2) is 5.78 Å². The van der Waals surface area contributed by atoms with Gasteiger partial charge in [-0.2, -0.15) is 0 Å². The molecule has 0 aromatic carbocycles. The van der Waals surface area contributed by atoms with Crippen molar-refractivity contribution in [2.75, 3.05) is 20.1 Å². The summed E-state index contributed by atoms with van der Waals surface area (Å²) in [7, 11) is 2.14. The van der Waals surface area contributed by atoms with Crippen LogP contribution in [0.15, 0.2) is 11.6 Å². The van der Waals surface area contributed by atoms with E-state index in [2.05, 4.69) is 11.9 Å². The lowest BCUT2D eigenvalue weighted by Crippen LogP contribution is -2.18. The van der Waals surface area contributed by atoms with Gasteiger partial charge in [-0.1, -0.05) is 5.57 Å². The molecule has 68 valence electrons. The third-order valence-corrected chi connectivity index (χ3v) is 2.26. The summed E-state index contributed by atoms with van der Waals surface area (Å²) in [5.74, 6) is 0.189. The maximum atomic E-state index is 10.8. The molecule has 2 heteroatoms. The van der Waals surface area contributed by atoms with Crippen LogP contribution in [-0.2, 0) is 4.79 Å². The van der Waals surface area contributed by atoms with Crippen LogP contribution in [0.3, 0.4) is 0 Å². The van der Waals surface area contributed by atoms with Crippen LogP contribution in [0.5, 0.6) is 0 Å². The Balaban J connectivity index is 2.51. The first kappa shape index (κ1) is 9.46. The predicted octanol–water partition coefficient (Wildman–Crippen LogP) is 1.62. The first-order valence-electron chi connectivity index (χ1n) is 4.57. The zero-order valence-corrected chi connectivity index (χ0v) is 7.97. The Morgan fingerprint density at radius 3 is 2.83 bits per heavy atom. The van der Waals surface area contributed by atoms with Gasteiger partial charge >= 0.3 is 0 Å². The van der Waals surface area contributed by atoms with E-state index in [1.54, 1.807) is 13.0 Å². The molecule has 0 bridgehead atoms. The highest BCUT2D eigenvalue weighted by molar-refractivity contribution is 5.87. The Morgan fingerprint density at radius 1 is 1.42 bits per heavy atom. The second-order valence-electron chi connectivity index (χ2n) is 3.57. The molecule has 0 spiro atoms. The van der Waals surface area contributed by atoms with Crippen molar-refractivity contribution in [3.8, 4) is 0 Å². The van der Waals surface area contributed by atoms with Gasteiger partial charge in [-0.25, -0.2) is 0 Å². The molecular formula is C10H17NO. The molecule has 0 N–H and O–H groups in total. The van der Waals surface area contributed by atoms with E-state index in [0.717, 1.165) is 25.9 Å². The fourth-order valence-electron chi connectivity index (χ4n) is 1.58. The first-order chi connectivity index (χ1) is 5.68. The predicted molar refractivity (Wildman–Crippen MR) is 50.1 cm³/mol. The molecule has 1 aliphatic rings. The van der Waals surface area contributed by atoms with Crippen LogP contribution in [0.1, 0.15) is 26.2 Å². The molecule has 1 rings (SSSR count). The Morgan fingerprint density at radius 2 is 2.17 bits per heavy atom. The molecule has 0 amide bonds. The Labute approximate surface area is 74.2 Å². The maximum Gasteiger partial charge on any atom is 0.152 e. The van der Waals surface area contributed by atoms with Crippen molar-refractivity contribution in [2.24, 2.45) is 0 Å². The number of nitrogens with zero attached hydrogens (tertiary/aromatic N) is 1. The lowest BCUT2D eigenvalue weighted by Gasteiger charge is -2.10. The lowest BCUT2D eigenvalue weighted by atomic mass is 10.1. The molecule has 0 radical (unpaired) electrons. The van der Waals surface area contributed by atoms with E-state index >= 15 is 0 Å². The fraction of sp³-hybridized carbons (Fsp3) is 0.700. The van der Waals surface area contributed by atoms with E-state index in [0.29, 0.717) is 0 Å². The van der Waals surface area contributed by atoms with E-state index in [1.807, 2.05) is 0 Å². The zero-order valence-electron chi connectivity index (χ0n) is 7.97. The van der Waals surface area contributed by atoms with E-state index in [-0.39, 0.29) is 5.78 Å². The smallest absolute Gasteiger partial charge is 0.152 e. The number of hydrogen-bond donors (Lipinski definition) is 0. The molecule has 1 saturated heterocycles. The van der Waals surface area contributed by atoms with Crippen molar-refractivity contribution < 1.29 is 4.79 Å². The van der Waals surface area contributed by atoms with Gasteiger partial charge in [0.1, 0.15) is 0 Å². The highest BCUT2D eigenvalue weighted by atomic mass is 16.1. The number of carbonyl (C=O) groups is 1. The second kappa shape index (κ2) is 4.41. The standard InChI is InChI=1S/C10H17NO/c1-9(12)8-10-4-3-6-11(2)7-5-10/h8H,3-7H2,1-2H3. The molecule has 12 heavy (non-hydrogen) atoms. The van der Waals surface area contributed by atoms with E-state index < -0.39 is 0 Å². The summed E-state index contributed by atoms with van der Waals surface area (Å²) in [5.41, 5.74) is 1.33. The van der Waals surface area contributed by atoms with Crippen LogP contribution in [0.4, 0.5) is 0 Å². The molecule has 2 nitrogen and oxygen atoms in total. The number of ketones is 1. The Kier molecular flexibility index (Phi) is 3.48. The second-order valence-corrected chi connectivity index (χ2v) is 3.57. The Bertz CT molecular complexity index is 196. The van der Waals surface area contributed by atoms with Gasteiger partial charge in [0.25, 0.3) is 0 Å². The average Bonchev–Trinajstić information content (AvgIpc) is 2.15. The minimum absolute atomic E-state index is 0.189. The number of rotatable bonds is 1. The molecule has 1 fully saturated rings. The molecule has 0 aromatic rings. The molecule has 0 unspecified atom stereocenters. The summed E-state index contributed by atoms with van der Waals surface area (Å²) in [5, 5.41) is 0. The van der Waals surface area contributed by atoms with E-state index in [9.17, 15) is 4.79 Å². The SMILES string of the molecule is CC(=O)C=C1CCCN(C)CC1. The average molecular weight is 167 g/mol. The first-order valence-corrected chi connectivity index (χ1v) is 4.57. The third-order valence-electron chi connectivity index (χ3n) is 2.26. The van der Waals surface area contributed by atoms with Gasteiger partial charge in [0.05, 0.1) is 0 Å². The molecule has 1 heterocycles. The van der Waals surface area contributed by atoms with Crippen molar-refractivity contribution in [1.29, 1.82) is 0 Å². The van der Waals surface area contributed by atoms with Crippen LogP contribution in [0, 0.1) is 0 Å². The minimum Gasteiger partial charge on any atom is -0.306 e. The number of hydrogen-bond acceptors (Lipinski definition) is 2. The molecule has 0 saturated carbocycles. The summed E-state index contributed by atoms with van der Waals surface area (Å²) in [6.07, 6.45) is 5.16. The van der Waals surface area contributed by atoms with Gasteiger partial charge in [0.2, 0.25) is 0 Å². The highest BCUT2D eigenvalue weighted by Crippen LogP contribution is 2.15. The Hall–Kier alpha value is -0.630. The number of likely N-dealkylation sites (tertiary alicyclic amines) is 1. The minimum atomic E-state index is 0.189. The van der Waals surface area contributed by atoms with Crippen molar-refractivity contribution in [2.45, 2.75) is 26.2 Å².